The number of alkyl halides is 3. The molecular formula is C21H26F3N3O2. The van der Waals surface area contributed by atoms with Crippen LogP contribution < -0.4 is 9.64 Å². The zero-order valence-electron chi connectivity index (χ0n) is 16.9. The molecule has 2 heterocycles. The molecule has 0 saturated carbocycles. The number of carbonyl (C=O) groups excluding carboxylic acids is 1. The summed E-state index contributed by atoms with van der Waals surface area (Å²) >= 11 is 0. The lowest BCUT2D eigenvalue weighted by Gasteiger charge is -2.35. The van der Waals surface area contributed by atoms with Gasteiger partial charge in [-0.1, -0.05) is 0 Å². The lowest BCUT2D eigenvalue weighted by molar-refractivity contribution is -0.141. The number of aryl methyl sites for hydroxylation is 1. The summed E-state index contributed by atoms with van der Waals surface area (Å²) < 4.78 is 44.7. The monoisotopic (exact) mass is 409 g/mol. The fourth-order valence-corrected chi connectivity index (χ4v) is 3.75. The summed E-state index contributed by atoms with van der Waals surface area (Å²) in [5.41, 5.74) is 2.31. The molecule has 0 bridgehead atoms. The molecule has 1 aromatic heterocycles. The van der Waals surface area contributed by atoms with E-state index in [1.165, 1.54) is 0 Å². The lowest BCUT2D eigenvalue weighted by atomic mass is 10.1. The number of carbonyl (C=O) groups is 1. The first-order valence-corrected chi connectivity index (χ1v) is 9.56. The van der Waals surface area contributed by atoms with Gasteiger partial charge in [0, 0.05) is 48.8 Å². The topological polar surface area (TPSA) is 37.7 Å². The van der Waals surface area contributed by atoms with Crippen LogP contribution in [0.25, 0.3) is 0 Å². The van der Waals surface area contributed by atoms with Crippen LogP contribution in [0, 0.1) is 13.8 Å². The quantitative estimate of drug-likeness (QED) is 0.683. The lowest BCUT2D eigenvalue weighted by Crippen LogP contribution is -2.48. The van der Waals surface area contributed by atoms with Crippen LogP contribution in [0.3, 0.4) is 0 Å². The number of ether oxygens (including phenoxy) is 1. The zero-order chi connectivity index (χ0) is 21.2. The fourth-order valence-electron chi connectivity index (χ4n) is 3.75. The minimum absolute atomic E-state index is 0.135. The number of benzene rings is 1. The molecule has 0 aliphatic carbocycles. The summed E-state index contributed by atoms with van der Waals surface area (Å²) in [6, 6.07) is 9.42. The van der Waals surface area contributed by atoms with Crippen molar-refractivity contribution in [2.45, 2.75) is 26.6 Å². The third kappa shape index (κ3) is 5.12. The van der Waals surface area contributed by atoms with Gasteiger partial charge in [0.25, 0.3) is 0 Å². The van der Waals surface area contributed by atoms with Gasteiger partial charge in [-0.3, -0.25) is 9.69 Å². The highest BCUT2D eigenvalue weighted by Crippen LogP contribution is 2.24. The van der Waals surface area contributed by atoms with Gasteiger partial charge in [-0.2, -0.15) is 13.2 Å². The summed E-state index contributed by atoms with van der Waals surface area (Å²) in [6.45, 7) is 5.33. The Labute approximate surface area is 168 Å². The Morgan fingerprint density at radius 3 is 2.24 bits per heavy atom. The number of nitrogens with zero attached hydrogens (tertiary/aromatic N) is 3. The summed E-state index contributed by atoms with van der Waals surface area (Å²) in [5, 5.41) is 0. The van der Waals surface area contributed by atoms with Crippen LogP contribution in [0.1, 0.15) is 21.7 Å². The van der Waals surface area contributed by atoms with Crippen LogP contribution in [0.4, 0.5) is 18.9 Å². The Hall–Kier alpha value is -2.48. The number of anilines is 1. The van der Waals surface area contributed by atoms with Gasteiger partial charge in [0.15, 0.2) is 5.78 Å². The minimum Gasteiger partial charge on any atom is -0.497 e. The largest absolute Gasteiger partial charge is 0.497 e. The third-order valence-corrected chi connectivity index (χ3v) is 5.39. The van der Waals surface area contributed by atoms with Crippen molar-refractivity contribution in [1.82, 2.24) is 9.47 Å². The minimum atomic E-state index is -4.31. The van der Waals surface area contributed by atoms with Crippen molar-refractivity contribution in [2.24, 2.45) is 0 Å². The molecule has 5 nitrogen and oxygen atoms in total. The molecule has 0 N–H and O–H groups in total. The number of hydrogen-bond donors (Lipinski definition) is 0. The van der Waals surface area contributed by atoms with Crippen molar-refractivity contribution in [3.8, 4) is 5.75 Å². The molecule has 3 rings (SSSR count). The van der Waals surface area contributed by atoms with E-state index < -0.39 is 12.7 Å². The molecule has 2 aromatic rings. The van der Waals surface area contributed by atoms with Gasteiger partial charge in [0.2, 0.25) is 0 Å². The fraction of sp³-hybridized carbons (Fsp3) is 0.476. The molecule has 0 spiro atoms. The molecule has 1 aliphatic heterocycles. The number of Topliss-reactive ketones (excluding diaryl/α,β-unsaturated/α-hetero) is 1. The van der Waals surface area contributed by atoms with Crippen molar-refractivity contribution in [3.63, 3.8) is 0 Å². The van der Waals surface area contributed by atoms with Crippen molar-refractivity contribution in [1.29, 1.82) is 0 Å². The average Bonchev–Trinajstić information content (AvgIpc) is 2.96. The third-order valence-electron chi connectivity index (χ3n) is 5.39. The average molecular weight is 409 g/mol. The zero-order valence-corrected chi connectivity index (χ0v) is 16.9. The number of hydrogen-bond acceptors (Lipinski definition) is 4. The van der Waals surface area contributed by atoms with Gasteiger partial charge >= 0.3 is 6.18 Å². The molecule has 1 saturated heterocycles. The van der Waals surface area contributed by atoms with Crippen LogP contribution in [0.5, 0.6) is 5.75 Å². The van der Waals surface area contributed by atoms with Gasteiger partial charge in [-0.25, -0.2) is 0 Å². The molecule has 29 heavy (non-hydrogen) atoms. The summed E-state index contributed by atoms with van der Waals surface area (Å²) in [4.78, 5) is 17.0. The number of piperazine rings is 1. The van der Waals surface area contributed by atoms with Crippen LogP contribution in [-0.2, 0) is 6.54 Å². The van der Waals surface area contributed by atoms with Crippen molar-refractivity contribution in [2.75, 3.05) is 44.7 Å². The molecule has 0 atom stereocenters. The van der Waals surface area contributed by atoms with E-state index in [-0.39, 0.29) is 12.3 Å². The SMILES string of the molecule is COc1ccc(N2CCN(CC(=O)c3cc(C)n(CC(F)(F)F)c3C)CC2)cc1. The number of ketones is 1. The number of aromatic nitrogens is 1. The van der Waals surface area contributed by atoms with Gasteiger partial charge < -0.3 is 14.2 Å². The molecule has 0 unspecified atom stereocenters. The van der Waals surface area contributed by atoms with E-state index >= 15 is 0 Å². The maximum Gasteiger partial charge on any atom is 0.406 e. The second-order valence-corrected chi connectivity index (χ2v) is 7.37. The van der Waals surface area contributed by atoms with E-state index in [1.54, 1.807) is 27.0 Å². The van der Waals surface area contributed by atoms with Crippen LogP contribution in [-0.4, -0.2) is 61.3 Å². The van der Waals surface area contributed by atoms with Gasteiger partial charge in [0.05, 0.1) is 13.7 Å². The maximum atomic E-state index is 12.8. The Morgan fingerprint density at radius 1 is 1.07 bits per heavy atom. The molecule has 0 amide bonds. The highest BCUT2D eigenvalue weighted by Gasteiger charge is 2.30. The van der Waals surface area contributed by atoms with E-state index in [9.17, 15) is 18.0 Å². The Balaban J connectivity index is 1.59. The van der Waals surface area contributed by atoms with Gasteiger partial charge in [-0.05, 0) is 44.2 Å². The van der Waals surface area contributed by atoms with Gasteiger partial charge in [0.1, 0.15) is 12.3 Å². The van der Waals surface area contributed by atoms with Crippen molar-refractivity contribution in [3.05, 3.63) is 47.3 Å². The second-order valence-electron chi connectivity index (χ2n) is 7.37. The molecule has 1 aliphatic rings. The van der Waals surface area contributed by atoms with Crippen LogP contribution in [0.15, 0.2) is 30.3 Å². The molecule has 1 aromatic carbocycles. The number of methoxy groups -OCH3 is 1. The molecular weight excluding hydrogens is 383 g/mol. The molecule has 0 radical (unpaired) electrons. The first kappa shape index (κ1) is 21.2. The van der Waals surface area contributed by atoms with Crippen molar-refractivity contribution < 1.29 is 22.7 Å². The number of rotatable bonds is 6. The van der Waals surface area contributed by atoms with Gasteiger partial charge in [-0.15, -0.1) is 0 Å². The predicted octanol–water partition coefficient (Wildman–Crippen LogP) is 3.68. The Kier molecular flexibility index (Phi) is 6.21. The smallest absolute Gasteiger partial charge is 0.406 e. The summed E-state index contributed by atoms with van der Waals surface area (Å²) in [6.07, 6.45) is -4.31. The summed E-state index contributed by atoms with van der Waals surface area (Å²) in [5.74, 6) is 0.672. The van der Waals surface area contributed by atoms with E-state index in [1.807, 2.05) is 24.3 Å². The Morgan fingerprint density at radius 2 is 1.69 bits per heavy atom. The van der Waals surface area contributed by atoms with Crippen molar-refractivity contribution >= 4 is 11.5 Å². The highest BCUT2D eigenvalue weighted by atomic mass is 19.4. The molecule has 8 heteroatoms. The van der Waals surface area contributed by atoms with E-state index in [0.717, 1.165) is 42.2 Å². The first-order chi connectivity index (χ1) is 13.7. The molecule has 1 fully saturated rings. The van der Waals surface area contributed by atoms with E-state index in [4.69, 9.17) is 4.74 Å². The van der Waals surface area contributed by atoms with Crippen LogP contribution >= 0.6 is 0 Å². The first-order valence-electron chi connectivity index (χ1n) is 9.56. The van der Waals surface area contributed by atoms with Crippen LogP contribution in [0.2, 0.25) is 0 Å². The highest BCUT2D eigenvalue weighted by molar-refractivity contribution is 5.99. The van der Waals surface area contributed by atoms with E-state index in [2.05, 4.69) is 9.80 Å². The number of halogens is 3. The normalized spacial score (nSPS) is 15.6. The maximum absolute atomic E-state index is 12.8. The predicted molar refractivity (Wildman–Crippen MR) is 106 cm³/mol. The standard InChI is InChI=1S/C21H26F3N3O2/c1-15-12-19(16(2)27(15)14-21(22,23)24)20(28)13-25-8-10-26(11-9-25)17-4-6-18(29-3)7-5-17/h4-7,12H,8-11,13-14H2,1-3H3. The molecule has 158 valence electrons. The van der Waals surface area contributed by atoms with E-state index in [0.29, 0.717) is 17.0 Å². The summed E-state index contributed by atoms with van der Waals surface area (Å²) in [7, 11) is 1.63. The Bertz CT molecular complexity index is 851. The second kappa shape index (κ2) is 8.49.